The summed E-state index contributed by atoms with van der Waals surface area (Å²) in [5, 5.41) is 14.3. The van der Waals surface area contributed by atoms with Crippen LogP contribution < -0.4 is 11.1 Å². The van der Waals surface area contributed by atoms with Crippen LogP contribution in [0.15, 0.2) is 24.3 Å². The Morgan fingerprint density at radius 1 is 1.42 bits per heavy atom. The van der Waals surface area contributed by atoms with E-state index in [1.54, 1.807) is 0 Å². The van der Waals surface area contributed by atoms with Crippen molar-refractivity contribution in [1.82, 2.24) is 4.98 Å². The quantitative estimate of drug-likeness (QED) is 0.735. The molecule has 1 atom stereocenters. The van der Waals surface area contributed by atoms with Crippen LogP contribution in [0.4, 0.5) is 11.4 Å². The number of aliphatic hydroxyl groups excluding tert-OH is 1. The minimum Gasteiger partial charge on any atom is -0.399 e. The lowest BCUT2D eigenvalue weighted by Gasteiger charge is -2.14. The van der Waals surface area contributed by atoms with Crippen LogP contribution in [0.2, 0.25) is 0 Å². The largest absolute Gasteiger partial charge is 0.399 e. The zero-order chi connectivity index (χ0) is 13.4. The number of hydrogen-bond donors (Lipinski definition) is 3. The number of nitrogens with two attached hydrogens (primary N) is 1. The van der Waals surface area contributed by atoms with Crippen molar-refractivity contribution in [2.45, 2.75) is 25.9 Å². The molecule has 4 heteroatoms. The first kappa shape index (κ1) is 12.2. The maximum absolute atomic E-state index is 9.94. The first-order chi connectivity index (χ1) is 9.13. The Kier molecular flexibility index (Phi) is 3.03. The summed E-state index contributed by atoms with van der Waals surface area (Å²) >= 11 is 0. The van der Waals surface area contributed by atoms with Gasteiger partial charge in [-0.25, -0.2) is 0 Å². The first-order valence-corrected chi connectivity index (χ1v) is 6.72. The molecule has 1 fully saturated rings. The lowest BCUT2D eigenvalue weighted by atomic mass is 10.1. The predicted molar refractivity (Wildman–Crippen MR) is 78.1 cm³/mol. The minimum atomic E-state index is -0.260. The van der Waals surface area contributed by atoms with Gasteiger partial charge in [0.2, 0.25) is 0 Å². The number of nitrogens with one attached hydrogen (secondary N) is 1. The van der Waals surface area contributed by atoms with Gasteiger partial charge in [-0.3, -0.25) is 4.98 Å². The van der Waals surface area contributed by atoms with Gasteiger partial charge < -0.3 is 16.2 Å². The Bertz CT molecular complexity index is 608. The van der Waals surface area contributed by atoms with Gasteiger partial charge in [0, 0.05) is 29.0 Å². The van der Waals surface area contributed by atoms with E-state index in [-0.39, 0.29) is 6.10 Å². The number of hydrogen-bond acceptors (Lipinski definition) is 4. The number of aryl methyl sites for hydroxylation is 1. The Balaban J connectivity index is 1.89. The summed E-state index contributed by atoms with van der Waals surface area (Å²) in [6, 6.07) is 7.72. The second-order valence-electron chi connectivity index (χ2n) is 5.37. The van der Waals surface area contributed by atoms with E-state index in [0.717, 1.165) is 40.8 Å². The molecule has 3 rings (SSSR count). The molecule has 19 heavy (non-hydrogen) atoms. The van der Waals surface area contributed by atoms with Crippen molar-refractivity contribution < 1.29 is 5.11 Å². The molecule has 1 aromatic heterocycles. The van der Waals surface area contributed by atoms with Gasteiger partial charge in [-0.05, 0) is 49.9 Å². The fourth-order valence-electron chi connectivity index (χ4n) is 2.38. The molecule has 1 unspecified atom stereocenters. The SMILES string of the molecule is Cc1cc(NCC(O)C2CC2)c2cc(N)ccc2n1. The molecule has 1 heterocycles. The summed E-state index contributed by atoms with van der Waals surface area (Å²) in [6.07, 6.45) is 2.03. The highest BCUT2D eigenvalue weighted by molar-refractivity contribution is 5.93. The summed E-state index contributed by atoms with van der Waals surface area (Å²) in [5.74, 6) is 0.478. The van der Waals surface area contributed by atoms with Crippen molar-refractivity contribution in [3.63, 3.8) is 0 Å². The molecule has 1 aliphatic rings. The van der Waals surface area contributed by atoms with Crippen LogP contribution in [0.5, 0.6) is 0 Å². The van der Waals surface area contributed by atoms with Gasteiger partial charge >= 0.3 is 0 Å². The smallest absolute Gasteiger partial charge is 0.0740 e. The van der Waals surface area contributed by atoms with Gasteiger partial charge in [0.15, 0.2) is 0 Å². The fraction of sp³-hybridized carbons (Fsp3) is 0.400. The molecule has 0 radical (unpaired) electrons. The Morgan fingerprint density at radius 2 is 2.21 bits per heavy atom. The first-order valence-electron chi connectivity index (χ1n) is 6.72. The van der Waals surface area contributed by atoms with Crippen LogP contribution in [-0.4, -0.2) is 22.7 Å². The van der Waals surface area contributed by atoms with E-state index in [0.29, 0.717) is 12.5 Å². The third-order valence-corrected chi connectivity index (χ3v) is 3.63. The maximum Gasteiger partial charge on any atom is 0.0740 e. The van der Waals surface area contributed by atoms with Gasteiger partial charge in [-0.2, -0.15) is 0 Å². The molecule has 0 amide bonds. The van der Waals surface area contributed by atoms with Crippen molar-refractivity contribution in [3.8, 4) is 0 Å². The van der Waals surface area contributed by atoms with Gasteiger partial charge in [0.05, 0.1) is 11.6 Å². The number of aliphatic hydroxyl groups is 1. The highest BCUT2D eigenvalue weighted by Crippen LogP contribution is 2.33. The van der Waals surface area contributed by atoms with Crippen LogP contribution in [-0.2, 0) is 0 Å². The topological polar surface area (TPSA) is 71.2 Å². The van der Waals surface area contributed by atoms with E-state index < -0.39 is 0 Å². The standard InChI is InChI=1S/C15H19N3O/c1-9-6-14(17-8-15(19)10-2-3-10)12-7-11(16)4-5-13(12)18-9/h4-7,10,15,19H,2-3,8,16H2,1H3,(H,17,18). The zero-order valence-electron chi connectivity index (χ0n) is 11.1. The Labute approximate surface area is 112 Å². The normalized spacial score (nSPS) is 16.5. The lowest BCUT2D eigenvalue weighted by molar-refractivity contribution is 0.164. The second-order valence-corrected chi connectivity index (χ2v) is 5.37. The summed E-state index contributed by atoms with van der Waals surface area (Å²) in [5.41, 5.74) is 9.45. The summed E-state index contributed by atoms with van der Waals surface area (Å²) in [7, 11) is 0. The van der Waals surface area contributed by atoms with Crippen molar-refractivity contribution in [2.75, 3.05) is 17.6 Å². The number of aromatic nitrogens is 1. The number of nitrogen functional groups attached to an aromatic ring is 1. The van der Waals surface area contributed by atoms with Crippen LogP contribution in [0.3, 0.4) is 0 Å². The minimum absolute atomic E-state index is 0.260. The van der Waals surface area contributed by atoms with Gasteiger partial charge in [0.25, 0.3) is 0 Å². The third-order valence-electron chi connectivity index (χ3n) is 3.63. The fourth-order valence-corrected chi connectivity index (χ4v) is 2.38. The second kappa shape index (κ2) is 4.70. The van der Waals surface area contributed by atoms with Gasteiger partial charge in [-0.1, -0.05) is 0 Å². The van der Waals surface area contributed by atoms with E-state index >= 15 is 0 Å². The highest BCUT2D eigenvalue weighted by atomic mass is 16.3. The molecule has 2 aromatic rings. The molecule has 0 bridgehead atoms. The van der Waals surface area contributed by atoms with Crippen LogP contribution >= 0.6 is 0 Å². The number of anilines is 2. The number of pyridine rings is 1. The molecule has 1 saturated carbocycles. The van der Waals surface area contributed by atoms with E-state index in [1.807, 2.05) is 31.2 Å². The van der Waals surface area contributed by atoms with E-state index in [9.17, 15) is 5.11 Å². The number of benzene rings is 1. The maximum atomic E-state index is 9.94. The van der Waals surface area contributed by atoms with E-state index in [1.165, 1.54) is 0 Å². The predicted octanol–water partition coefficient (Wildman–Crippen LogP) is 2.31. The summed E-state index contributed by atoms with van der Waals surface area (Å²) in [4.78, 5) is 4.49. The lowest BCUT2D eigenvalue weighted by Crippen LogP contribution is -2.21. The molecular weight excluding hydrogens is 238 g/mol. The van der Waals surface area contributed by atoms with Crippen molar-refractivity contribution >= 4 is 22.3 Å². The molecule has 0 aliphatic heterocycles. The average molecular weight is 257 g/mol. The Morgan fingerprint density at radius 3 is 2.95 bits per heavy atom. The summed E-state index contributed by atoms with van der Waals surface area (Å²) < 4.78 is 0. The third kappa shape index (κ3) is 2.63. The van der Waals surface area contributed by atoms with E-state index in [2.05, 4.69) is 10.3 Å². The molecule has 1 aliphatic carbocycles. The molecule has 4 nitrogen and oxygen atoms in total. The van der Waals surface area contributed by atoms with Gasteiger partial charge in [-0.15, -0.1) is 0 Å². The molecular formula is C15H19N3O. The average Bonchev–Trinajstić information content (AvgIpc) is 3.20. The van der Waals surface area contributed by atoms with Crippen molar-refractivity contribution in [1.29, 1.82) is 0 Å². The summed E-state index contributed by atoms with van der Waals surface area (Å²) in [6.45, 7) is 2.55. The van der Waals surface area contributed by atoms with Crippen molar-refractivity contribution in [3.05, 3.63) is 30.0 Å². The number of fused-ring (bicyclic) bond motifs is 1. The van der Waals surface area contributed by atoms with Crippen LogP contribution in [0, 0.1) is 12.8 Å². The van der Waals surface area contributed by atoms with Crippen molar-refractivity contribution in [2.24, 2.45) is 5.92 Å². The highest BCUT2D eigenvalue weighted by Gasteiger charge is 2.29. The zero-order valence-corrected chi connectivity index (χ0v) is 11.1. The molecule has 100 valence electrons. The van der Waals surface area contributed by atoms with Crippen LogP contribution in [0.1, 0.15) is 18.5 Å². The van der Waals surface area contributed by atoms with Crippen LogP contribution in [0.25, 0.3) is 10.9 Å². The molecule has 4 N–H and O–H groups in total. The molecule has 1 aromatic carbocycles. The number of nitrogens with zero attached hydrogens (tertiary/aromatic N) is 1. The monoisotopic (exact) mass is 257 g/mol. The molecule has 0 spiro atoms. The van der Waals surface area contributed by atoms with Gasteiger partial charge in [0.1, 0.15) is 0 Å². The number of rotatable bonds is 4. The Hall–Kier alpha value is -1.81. The molecule has 0 saturated heterocycles. The van der Waals surface area contributed by atoms with E-state index in [4.69, 9.17) is 5.73 Å².